The molecule has 0 N–H and O–H groups in total. The molecule has 0 saturated heterocycles. The molecular weight excluding hydrogens is 483 g/mol. The Hall–Kier alpha value is -5.02. The van der Waals surface area contributed by atoms with E-state index in [9.17, 15) is 0 Å². The minimum atomic E-state index is 0.135. The van der Waals surface area contributed by atoms with E-state index in [0.717, 1.165) is 0 Å². The molecule has 9 rings (SSSR count). The first kappa shape index (κ1) is 21.9. The van der Waals surface area contributed by atoms with E-state index >= 15 is 0 Å². The van der Waals surface area contributed by atoms with Gasteiger partial charge in [-0.05, 0) is 99.7 Å². The molecule has 2 nitrogen and oxygen atoms in total. The molecule has 186 valence electrons. The molecule has 3 heterocycles. The van der Waals surface area contributed by atoms with Crippen LogP contribution in [0.2, 0.25) is 0 Å². The van der Waals surface area contributed by atoms with Crippen molar-refractivity contribution in [2.24, 2.45) is 0 Å². The highest BCUT2D eigenvalue weighted by molar-refractivity contribution is 7.02. The van der Waals surface area contributed by atoms with Gasteiger partial charge in [0.2, 0.25) is 0 Å². The van der Waals surface area contributed by atoms with Crippen LogP contribution < -0.4 is 26.2 Å². The topological polar surface area (TPSA) is 6.48 Å². The highest BCUT2D eigenvalue weighted by atomic mass is 15.2. The van der Waals surface area contributed by atoms with Crippen LogP contribution in [-0.4, -0.2) is 6.71 Å². The molecule has 0 aliphatic carbocycles. The van der Waals surface area contributed by atoms with Gasteiger partial charge in [0.25, 0.3) is 6.71 Å². The lowest BCUT2D eigenvalue weighted by Crippen LogP contribution is -2.62. The molecule has 6 aromatic carbocycles. The Morgan fingerprint density at radius 3 is 1.30 bits per heavy atom. The number of para-hydroxylation sites is 2. The normalized spacial score (nSPS) is 13.5. The number of rotatable bonds is 2. The minimum absolute atomic E-state index is 0.135. The van der Waals surface area contributed by atoms with Gasteiger partial charge in [0.15, 0.2) is 0 Å². The number of nitrogens with zero attached hydrogens (tertiary/aromatic N) is 2. The summed E-state index contributed by atoms with van der Waals surface area (Å²) in [5.74, 6) is 0. The van der Waals surface area contributed by atoms with Crippen molar-refractivity contribution in [1.82, 2.24) is 0 Å². The highest BCUT2D eigenvalue weighted by Gasteiger charge is 2.46. The van der Waals surface area contributed by atoms with Crippen molar-refractivity contribution in [2.45, 2.75) is 6.92 Å². The summed E-state index contributed by atoms with van der Waals surface area (Å²) in [7, 11) is 0. The summed E-state index contributed by atoms with van der Waals surface area (Å²) in [5.41, 5.74) is 18.1. The predicted octanol–water partition coefficient (Wildman–Crippen LogP) is 7.73. The van der Waals surface area contributed by atoms with Crippen molar-refractivity contribution in [3.05, 3.63) is 139 Å². The molecule has 40 heavy (non-hydrogen) atoms. The van der Waals surface area contributed by atoms with Gasteiger partial charge in [-0.25, -0.2) is 0 Å². The second-order valence-electron chi connectivity index (χ2n) is 11.0. The first-order chi connectivity index (χ1) is 19.8. The Morgan fingerprint density at radius 2 is 0.825 bits per heavy atom. The number of benzene rings is 6. The van der Waals surface area contributed by atoms with Crippen LogP contribution >= 0.6 is 0 Å². The number of hydrogen-bond donors (Lipinski definition) is 0. The van der Waals surface area contributed by atoms with Crippen LogP contribution in [0.1, 0.15) is 5.56 Å². The van der Waals surface area contributed by atoms with Crippen molar-refractivity contribution >= 4 is 57.2 Å². The zero-order valence-electron chi connectivity index (χ0n) is 22.2. The van der Waals surface area contributed by atoms with Crippen molar-refractivity contribution in [2.75, 3.05) is 9.80 Å². The molecule has 0 unspecified atom stereocenters. The van der Waals surface area contributed by atoms with Crippen LogP contribution in [0.3, 0.4) is 0 Å². The molecule has 0 amide bonds. The number of aryl methyl sites for hydroxylation is 1. The smallest absolute Gasteiger partial charge is 0.253 e. The molecule has 3 heteroatoms. The van der Waals surface area contributed by atoms with Gasteiger partial charge in [-0.2, -0.15) is 0 Å². The summed E-state index contributed by atoms with van der Waals surface area (Å²) in [6, 6.07) is 49.2. The quantitative estimate of drug-likeness (QED) is 0.221. The van der Waals surface area contributed by atoms with Crippen molar-refractivity contribution in [1.29, 1.82) is 0 Å². The summed E-state index contributed by atoms with van der Waals surface area (Å²) < 4.78 is 0. The van der Waals surface area contributed by atoms with Crippen LogP contribution in [-0.2, 0) is 0 Å². The molecule has 0 aromatic heterocycles. The van der Waals surface area contributed by atoms with E-state index < -0.39 is 0 Å². The summed E-state index contributed by atoms with van der Waals surface area (Å²) in [6.45, 7) is 2.36. The molecule has 0 radical (unpaired) electrons. The summed E-state index contributed by atoms with van der Waals surface area (Å²) in [6.07, 6.45) is 0. The Kier molecular flexibility index (Phi) is 4.37. The van der Waals surface area contributed by atoms with Gasteiger partial charge in [-0.3, -0.25) is 0 Å². The van der Waals surface area contributed by atoms with Gasteiger partial charge < -0.3 is 9.80 Å². The van der Waals surface area contributed by atoms with Crippen molar-refractivity contribution in [3.63, 3.8) is 0 Å². The molecule has 6 aromatic rings. The number of anilines is 6. The average molecular weight is 508 g/mol. The second-order valence-corrected chi connectivity index (χ2v) is 11.0. The Balaban J connectivity index is 1.51. The summed E-state index contributed by atoms with van der Waals surface area (Å²) in [5, 5.41) is 0. The first-order valence-electron chi connectivity index (χ1n) is 14.0. The van der Waals surface area contributed by atoms with Gasteiger partial charge in [0.05, 0.1) is 0 Å². The molecule has 0 fully saturated rings. The number of hydrogen-bond acceptors (Lipinski definition) is 2. The van der Waals surface area contributed by atoms with Gasteiger partial charge in [0, 0.05) is 34.1 Å². The third-order valence-corrected chi connectivity index (χ3v) is 8.81. The van der Waals surface area contributed by atoms with E-state index in [1.807, 2.05) is 0 Å². The van der Waals surface area contributed by atoms with E-state index in [-0.39, 0.29) is 6.71 Å². The van der Waals surface area contributed by atoms with Crippen molar-refractivity contribution < 1.29 is 0 Å². The fraction of sp³-hybridized carbons (Fsp3) is 0.0270. The monoisotopic (exact) mass is 508 g/mol. The predicted molar refractivity (Wildman–Crippen MR) is 170 cm³/mol. The fourth-order valence-corrected chi connectivity index (χ4v) is 7.35. The highest BCUT2D eigenvalue weighted by Crippen LogP contribution is 2.48. The molecule has 0 bridgehead atoms. The standard InChI is InChI=1S/C37H25BN2/c1-24-22-33-37-34(23-24)40(26-14-6-3-7-15-26)32-21-11-19-30-28-17-9-8-16-27(28)29-18-10-20-31(35(29)38(37)36(30)32)39(33)25-12-4-2-5-13-25/h2-23H,1H3. The van der Waals surface area contributed by atoms with E-state index in [4.69, 9.17) is 0 Å². The molecule has 0 spiro atoms. The fourth-order valence-electron chi connectivity index (χ4n) is 7.35. The Morgan fingerprint density at radius 1 is 0.400 bits per heavy atom. The molecule has 3 aliphatic heterocycles. The average Bonchev–Trinajstić information content (AvgIpc) is 3.13. The maximum absolute atomic E-state index is 2.49. The van der Waals surface area contributed by atoms with E-state index in [1.165, 1.54) is 78.3 Å². The third-order valence-electron chi connectivity index (χ3n) is 8.81. The maximum atomic E-state index is 2.49. The minimum Gasteiger partial charge on any atom is -0.311 e. The van der Waals surface area contributed by atoms with Crippen LogP contribution in [0.5, 0.6) is 0 Å². The maximum Gasteiger partial charge on any atom is 0.253 e. The lowest BCUT2D eigenvalue weighted by Gasteiger charge is -2.44. The van der Waals surface area contributed by atoms with Crippen molar-refractivity contribution in [3.8, 4) is 22.3 Å². The second kappa shape index (κ2) is 8.00. The van der Waals surface area contributed by atoms with Gasteiger partial charge in [-0.1, -0.05) is 84.9 Å². The van der Waals surface area contributed by atoms with Crippen LogP contribution in [0.4, 0.5) is 34.1 Å². The van der Waals surface area contributed by atoms with Gasteiger partial charge in [-0.15, -0.1) is 0 Å². The zero-order chi connectivity index (χ0) is 26.4. The third kappa shape index (κ3) is 2.79. The zero-order valence-corrected chi connectivity index (χ0v) is 22.2. The Bertz CT molecular complexity index is 1840. The lowest BCUT2D eigenvalue weighted by atomic mass is 9.32. The SMILES string of the molecule is Cc1cc2c3c(c1)N(c1ccccc1)c1cccc4c1B3c1c(cccc1N2c1ccccc1)-c1ccccc1-4. The summed E-state index contributed by atoms with van der Waals surface area (Å²) in [4.78, 5) is 4.98. The molecule has 0 saturated carbocycles. The number of fused-ring (bicyclic) bond motifs is 3. The lowest BCUT2D eigenvalue weighted by molar-refractivity contribution is 1.24. The largest absolute Gasteiger partial charge is 0.311 e. The Labute approximate surface area is 234 Å². The van der Waals surface area contributed by atoms with E-state index in [0.29, 0.717) is 0 Å². The van der Waals surface area contributed by atoms with Gasteiger partial charge in [0.1, 0.15) is 0 Å². The summed E-state index contributed by atoms with van der Waals surface area (Å²) >= 11 is 0. The van der Waals surface area contributed by atoms with Crippen LogP contribution in [0.25, 0.3) is 22.3 Å². The molecule has 0 atom stereocenters. The van der Waals surface area contributed by atoms with Crippen LogP contribution in [0.15, 0.2) is 133 Å². The van der Waals surface area contributed by atoms with E-state index in [1.54, 1.807) is 0 Å². The molecule has 3 aliphatic rings. The van der Waals surface area contributed by atoms with E-state index in [2.05, 4.69) is 150 Å². The van der Waals surface area contributed by atoms with Crippen LogP contribution in [0, 0.1) is 6.92 Å². The first-order valence-corrected chi connectivity index (χ1v) is 14.0. The molecular formula is C37H25BN2. The van der Waals surface area contributed by atoms with Gasteiger partial charge >= 0.3 is 0 Å².